The number of carbonyl (C=O) groups excluding carboxylic acids is 3. The molecule has 0 aliphatic carbocycles. The van der Waals surface area contributed by atoms with Crippen LogP contribution in [-0.4, -0.2) is 41.0 Å². The van der Waals surface area contributed by atoms with Gasteiger partial charge >= 0.3 is 12.0 Å². The number of carbonyl (C=O) groups is 3. The van der Waals surface area contributed by atoms with Gasteiger partial charge in [-0.05, 0) is 33.1 Å². The van der Waals surface area contributed by atoms with Crippen LogP contribution in [0.4, 0.5) is 4.79 Å². The van der Waals surface area contributed by atoms with Crippen molar-refractivity contribution in [2.45, 2.75) is 52.6 Å². The average Bonchev–Trinajstić information content (AvgIpc) is 2.45. The number of imide groups is 1. The summed E-state index contributed by atoms with van der Waals surface area (Å²) in [5, 5.41) is 2.57. The van der Waals surface area contributed by atoms with Gasteiger partial charge in [0.2, 0.25) is 0 Å². The fourth-order valence-corrected chi connectivity index (χ4v) is 2.05. The summed E-state index contributed by atoms with van der Waals surface area (Å²) in [4.78, 5) is 37.1. The van der Waals surface area contributed by atoms with E-state index in [1.807, 2.05) is 13.8 Å². The number of nitrogens with zero attached hydrogens (tertiary/aromatic N) is 1. The topological polar surface area (TPSA) is 75.7 Å². The van der Waals surface area contributed by atoms with Crippen molar-refractivity contribution < 1.29 is 19.1 Å². The second-order valence-corrected chi connectivity index (χ2v) is 5.63. The Morgan fingerprint density at radius 2 is 1.95 bits per heavy atom. The Kier molecular flexibility index (Phi) is 4.55. The molecule has 3 amide bonds. The molecule has 1 heterocycles. The van der Waals surface area contributed by atoms with Crippen LogP contribution in [0.25, 0.3) is 0 Å². The molecule has 1 fully saturated rings. The van der Waals surface area contributed by atoms with Crippen LogP contribution in [0.2, 0.25) is 0 Å². The molecule has 0 aromatic carbocycles. The van der Waals surface area contributed by atoms with Gasteiger partial charge < -0.3 is 10.1 Å². The number of rotatable bonds is 5. The fraction of sp³-hybridized carbons (Fsp3) is 0.769. The highest BCUT2D eigenvalue weighted by Crippen LogP contribution is 2.23. The highest BCUT2D eigenvalue weighted by atomic mass is 16.5. The van der Waals surface area contributed by atoms with Crippen molar-refractivity contribution in [2.24, 2.45) is 5.92 Å². The summed E-state index contributed by atoms with van der Waals surface area (Å²) < 4.78 is 4.97. The third-order valence-corrected chi connectivity index (χ3v) is 2.96. The van der Waals surface area contributed by atoms with Gasteiger partial charge in [0.05, 0.1) is 6.61 Å². The third-order valence-electron chi connectivity index (χ3n) is 2.96. The van der Waals surface area contributed by atoms with Crippen molar-refractivity contribution in [3.8, 4) is 0 Å². The van der Waals surface area contributed by atoms with Crippen molar-refractivity contribution in [1.82, 2.24) is 10.2 Å². The van der Waals surface area contributed by atoms with Crippen LogP contribution in [0.3, 0.4) is 0 Å². The molecule has 1 atom stereocenters. The van der Waals surface area contributed by atoms with Crippen molar-refractivity contribution in [3.63, 3.8) is 0 Å². The lowest BCUT2D eigenvalue weighted by Crippen LogP contribution is -2.48. The molecule has 0 aromatic rings. The summed E-state index contributed by atoms with van der Waals surface area (Å²) in [5.41, 5.74) is -0.973. The molecule has 1 aliphatic rings. The zero-order valence-electron chi connectivity index (χ0n) is 12.1. The monoisotopic (exact) mass is 270 g/mol. The number of hydrogen-bond acceptors (Lipinski definition) is 4. The van der Waals surface area contributed by atoms with Crippen LogP contribution < -0.4 is 5.32 Å². The number of amides is 3. The molecule has 1 aliphatic heterocycles. The van der Waals surface area contributed by atoms with Crippen molar-refractivity contribution in [1.29, 1.82) is 0 Å². The fourth-order valence-electron chi connectivity index (χ4n) is 2.05. The maximum atomic E-state index is 12.2. The molecular formula is C13H22N2O4. The van der Waals surface area contributed by atoms with Gasteiger partial charge in [-0.3, -0.25) is 4.79 Å². The molecule has 0 aromatic heterocycles. The van der Waals surface area contributed by atoms with E-state index >= 15 is 0 Å². The average molecular weight is 270 g/mol. The first kappa shape index (κ1) is 15.5. The molecule has 1 unspecified atom stereocenters. The van der Waals surface area contributed by atoms with Crippen LogP contribution in [0.15, 0.2) is 0 Å². The molecule has 0 spiro atoms. The Labute approximate surface area is 113 Å². The molecule has 1 saturated heterocycles. The molecule has 1 rings (SSSR count). The van der Waals surface area contributed by atoms with Gasteiger partial charge in [0.1, 0.15) is 11.6 Å². The van der Waals surface area contributed by atoms with E-state index in [4.69, 9.17) is 4.74 Å². The predicted molar refractivity (Wildman–Crippen MR) is 69.3 cm³/mol. The van der Waals surface area contributed by atoms with Crippen molar-refractivity contribution in [2.75, 3.05) is 6.61 Å². The van der Waals surface area contributed by atoms with E-state index in [0.717, 1.165) is 4.90 Å². The van der Waals surface area contributed by atoms with E-state index in [0.29, 0.717) is 6.42 Å². The summed E-state index contributed by atoms with van der Waals surface area (Å²) in [6, 6.07) is -1.39. The van der Waals surface area contributed by atoms with Crippen LogP contribution >= 0.6 is 0 Å². The maximum absolute atomic E-state index is 12.2. The van der Waals surface area contributed by atoms with Gasteiger partial charge in [0.25, 0.3) is 5.91 Å². The highest BCUT2D eigenvalue weighted by molar-refractivity contribution is 6.09. The standard InChI is InChI=1S/C13H22N2O4/c1-6-19-10(16)9(7-8(2)3)15-11(17)13(4,5)14-12(15)18/h8-9H,6-7H2,1-5H3,(H,14,18). The van der Waals surface area contributed by atoms with E-state index < -0.39 is 29.5 Å². The first-order valence-electron chi connectivity index (χ1n) is 6.53. The highest BCUT2D eigenvalue weighted by Gasteiger charge is 2.49. The first-order chi connectivity index (χ1) is 8.70. The predicted octanol–water partition coefficient (Wildman–Crippen LogP) is 1.29. The van der Waals surface area contributed by atoms with E-state index in [2.05, 4.69) is 5.32 Å². The third kappa shape index (κ3) is 3.24. The summed E-state index contributed by atoms with van der Waals surface area (Å²) >= 11 is 0. The van der Waals surface area contributed by atoms with E-state index in [-0.39, 0.29) is 12.5 Å². The molecule has 0 bridgehead atoms. The summed E-state index contributed by atoms with van der Waals surface area (Å²) in [7, 11) is 0. The summed E-state index contributed by atoms with van der Waals surface area (Å²) in [6.45, 7) is 9.00. The minimum absolute atomic E-state index is 0.165. The molecule has 6 heteroatoms. The second-order valence-electron chi connectivity index (χ2n) is 5.63. The van der Waals surface area contributed by atoms with E-state index in [1.54, 1.807) is 20.8 Å². The van der Waals surface area contributed by atoms with Gasteiger partial charge in [-0.25, -0.2) is 14.5 Å². The number of esters is 1. The molecular weight excluding hydrogens is 248 g/mol. The number of ether oxygens (including phenoxy) is 1. The van der Waals surface area contributed by atoms with Gasteiger partial charge in [0.15, 0.2) is 0 Å². The van der Waals surface area contributed by atoms with Gasteiger partial charge in [-0.1, -0.05) is 13.8 Å². The van der Waals surface area contributed by atoms with Crippen molar-refractivity contribution >= 4 is 17.9 Å². The SMILES string of the molecule is CCOC(=O)C(CC(C)C)N1C(=O)NC(C)(C)C1=O. The normalized spacial score (nSPS) is 19.6. The quantitative estimate of drug-likeness (QED) is 0.603. The lowest BCUT2D eigenvalue weighted by molar-refractivity contribution is -0.153. The van der Waals surface area contributed by atoms with Crippen molar-refractivity contribution in [3.05, 3.63) is 0 Å². The van der Waals surface area contributed by atoms with Crippen LogP contribution in [0, 0.1) is 5.92 Å². The molecule has 0 saturated carbocycles. The van der Waals surface area contributed by atoms with E-state index in [9.17, 15) is 14.4 Å². The summed E-state index contributed by atoms with van der Waals surface area (Å²) in [6.07, 6.45) is 0.397. The molecule has 6 nitrogen and oxygen atoms in total. The Balaban J connectivity index is 3.01. The molecule has 0 radical (unpaired) electrons. The minimum Gasteiger partial charge on any atom is -0.464 e. The zero-order chi connectivity index (χ0) is 14.8. The Hall–Kier alpha value is -1.59. The lowest BCUT2D eigenvalue weighted by atomic mass is 10.0. The smallest absolute Gasteiger partial charge is 0.329 e. The molecule has 1 N–H and O–H groups in total. The van der Waals surface area contributed by atoms with Gasteiger partial charge in [-0.2, -0.15) is 0 Å². The lowest BCUT2D eigenvalue weighted by Gasteiger charge is -2.25. The molecule has 19 heavy (non-hydrogen) atoms. The van der Waals surface area contributed by atoms with Gasteiger partial charge in [0, 0.05) is 0 Å². The largest absolute Gasteiger partial charge is 0.464 e. The number of nitrogens with one attached hydrogen (secondary N) is 1. The van der Waals surface area contributed by atoms with Crippen LogP contribution in [-0.2, 0) is 14.3 Å². The Morgan fingerprint density at radius 1 is 1.37 bits per heavy atom. The Bertz CT molecular complexity index is 390. The first-order valence-corrected chi connectivity index (χ1v) is 6.53. The zero-order valence-corrected chi connectivity index (χ0v) is 12.1. The van der Waals surface area contributed by atoms with E-state index in [1.165, 1.54) is 0 Å². The minimum atomic E-state index is -0.973. The van der Waals surface area contributed by atoms with Crippen LogP contribution in [0.5, 0.6) is 0 Å². The second kappa shape index (κ2) is 5.59. The number of hydrogen-bond donors (Lipinski definition) is 1. The summed E-state index contributed by atoms with van der Waals surface area (Å²) in [5.74, 6) is -0.757. The maximum Gasteiger partial charge on any atom is 0.329 e. The van der Waals surface area contributed by atoms with Crippen LogP contribution in [0.1, 0.15) is 41.0 Å². The Morgan fingerprint density at radius 3 is 2.32 bits per heavy atom. The number of urea groups is 1. The molecule has 108 valence electrons. The van der Waals surface area contributed by atoms with Gasteiger partial charge in [-0.15, -0.1) is 0 Å².